The van der Waals surface area contributed by atoms with Gasteiger partial charge >= 0.3 is 12.1 Å². The predicted molar refractivity (Wildman–Crippen MR) is 71.6 cm³/mol. The van der Waals surface area contributed by atoms with Crippen LogP contribution in [0, 0.1) is 0 Å². The van der Waals surface area contributed by atoms with Gasteiger partial charge in [0.1, 0.15) is 0 Å². The Kier molecular flexibility index (Phi) is 5.42. The fourth-order valence-corrected chi connectivity index (χ4v) is 2.29. The summed E-state index contributed by atoms with van der Waals surface area (Å²) >= 11 is 0. The highest BCUT2D eigenvalue weighted by Gasteiger charge is 2.42. The third kappa shape index (κ3) is 3.64. The van der Waals surface area contributed by atoms with Crippen LogP contribution in [0.2, 0.25) is 0 Å². The standard InChI is InChI=1S/C13H15F3N2O.ClH/c14-13(15,16)12(19)18-5-3-10-2-1-9(8-17)7-11(10)4-6-18;/h1-2,7H,3-6,8,17H2;1H. The van der Waals surface area contributed by atoms with Gasteiger partial charge in [0.25, 0.3) is 0 Å². The second-order valence-electron chi connectivity index (χ2n) is 4.60. The van der Waals surface area contributed by atoms with Crippen LogP contribution in [-0.2, 0) is 24.2 Å². The highest BCUT2D eigenvalue weighted by atomic mass is 35.5. The number of hydrogen-bond acceptors (Lipinski definition) is 2. The van der Waals surface area contributed by atoms with E-state index in [1.807, 2.05) is 18.2 Å². The largest absolute Gasteiger partial charge is 0.471 e. The van der Waals surface area contributed by atoms with E-state index in [9.17, 15) is 18.0 Å². The van der Waals surface area contributed by atoms with E-state index in [0.717, 1.165) is 21.6 Å². The van der Waals surface area contributed by atoms with Gasteiger partial charge in [-0.15, -0.1) is 12.4 Å². The van der Waals surface area contributed by atoms with Crippen molar-refractivity contribution in [3.63, 3.8) is 0 Å². The smallest absolute Gasteiger partial charge is 0.334 e. The molecular formula is C13H16ClF3N2O. The minimum absolute atomic E-state index is 0. The number of carbonyl (C=O) groups is 1. The van der Waals surface area contributed by atoms with Crippen molar-refractivity contribution in [3.8, 4) is 0 Å². The molecule has 1 aromatic rings. The van der Waals surface area contributed by atoms with Gasteiger partial charge in [0.05, 0.1) is 0 Å². The zero-order valence-electron chi connectivity index (χ0n) is 10.7. The molecule has 1 amide bonds. The van der Waals surface area contributed by atoms with E-state index in [4.69, 9.17) is 5.73 Å². The van der Waals surface area contributed by atoms with E-state index in [1.165, 1.54) is 0 Å². The van der Waals surface area contributed by atoms with Gasteiger partial charge in [0.15, 0.2) is 0 Å². The molecule has 0 unspecified atom stereocenters. The van der Waals surface area contributed by atoms with Gasteiger partial charge in [-0.2, -0.15) is 13.2 Å². The first-order valence-electron chi connectivity index (χ1n) is 6.08. The lowest BCUT2D eigenvalue weighted by atomic mass is 10.0. The summed E-state index contributed by atoms with van der Waals surface area (Å²) in [5, 5.41) is 0. The first-order chi connectivity index (χ1) is 8.91. The minimum Gasteiger partial charge on any atom is -0.334 e. The highest BCUT2D eigenvalue weighted by molar-refractivity contribution is 5.85. The van der Waals surface area contributed by atoms with Gasteiger partial charge < -0.3 is 10.6 Å². The number of benzene rings is 1. The second kappa shape index (κ2) is 6.45. The third-order valence-corrected chi connectivity index (χ3v) is 3.34. The fraction of sp³-hybridized carbons (Fsp3) is 0.462. The normalized spacial score (nSPS) is 15.1. The molecule has 0 aromatic heterocycles. The summed E-state index contributed by atoms with van der Waals surface area (Å²) in [5.74, 6) is -1.75. The summed E-state index contributed by atoms with van der Waals surface area (Å²) in [4.78, 5) is 12.1. The maximum absolute atomic E-state index is 12.4. The molecule has 2 rings (SSSR count). The van der Waals surface area contributed by atoms with E-state index >= 15 is 0 Å². The lowest BCUT2D eigenvalue weighted by molar-refractivity contribution is -0.185. The Morgan fingerprint density at radius 2 is 1.80 bits per heavy atom. The lowest BCUT2D eigenvalue weighted by Crippen LogP contribution is -2.42. The van der Waals surface area contributed by atoms with Crippen molar-refractivity contribution >= 4 is 18.3 Å². The molecule has 2 N–H and O–H groups in total. The molecule has 1 heterocycles. The zero-order chi connectivity index (χ0) is 14.0. The highest BCUT2D eigenvalue weighted by Crippen LogP contribution is 2.22. The monoisotopic (exact) mass is 308 g/mol. The SMILES string of the molecule is Cl.NCc1ccc2c(c1)CCN(C(=O)C(F)(F)F)CC2. The van der Waals surface area contributed by atoms with E-state index in [1.54, 1.807) is 0 Å². The molecule has 0 radical (unpaired) electrons. The molecule has 112 valence electrons. The quantitative estimate of drug-likeness (QED) is 0.863. The van der Waals surface area contributed by atoms with Crippen LogP contribution >= 0.6 is 12.4 Å². The van der Waals surface area contributed by atoms with Gasteiger partial charge in [0.2, 0.25) is 0 Å². The first kappa shape index (κ1) is 16.8. The first-order valence-corrected chi connectivity index (χ1v) is 6.08. The molecule has 0 fully saturated rings. The molecule has 0 saturated carbocycles. The molecule has 7 heteroatoms. The van der Waals surface area contributed by atoms with Crippen LogP contribution < -0.4 is 5.73 Å². The third-order valence-electron chi connectivity index (χ3n) is 3.34. The Morgan fingerprint density at radius 3 is 2.35 bits per heavy atom. The number of alkyl halides is 3. The van der Waals surface area contributed by atoms with Crippen LogP contribution in [0.4, 0.5) is 13.2 Å². The lowest BCUT2D eigenvalue weighted by Gasteiger charge is -2.21. The average Bonchev–Trinajstić information content (AvgIpc) is 2.58. The Bertz CT molecular complexity index is 491. The minimum atomic E-state index is -4.79. The Labute approximate surface area is 121 Å². The zero-order valence-corrected chi connectivity index (χ0v) is 11.6. The Balaban J connectivity index is 0.00000200. The van der Waals surface area contributed by atoms with Gasteiger partial charge in [-0.1, -0.05) is 18.2 Å². The van der Waals surface area contributed by atoms with Crippen LogP contribution in [0.25, 0.3) is 0 Å². The molecule has 1 aliphatic heterocycles. The molecule has 20 heavy (non-hydrogen) atoms. The number of hydrogen-bond donors (Lipinski definition) is 1. The van der Waals surface area contributed by atoms with Crippen molar-refractivity contribution < 1.29 is 18.0 Å². The molecular weight excluding hydrogens is 293 g/mol. The molecule has 0 atom stereocenters. The van der Waals surface area contributed by atoms with Crippen molar-refractivity contribution in [1.29, 1.82) is 0 Å². The average molecular weight is 309 g/mol. The van der Waals surface area contributed by atoms with E-state index in [-0.39, 0.29) is 25.5 Å². The van der Waals surface area contributed by atoms with Crippen molar-refractivity contribution in [3.05, 3.63) is 34.9 Å². The molecule has 1 aliphatic rings. The van der Waals surface area contributed by atoms with Crippen LogP contribution in [0.5, 0.6) is 0 Å². The predicted octanol–water partition coefficient (Wildman–Crippen LogP) is 2.06. The maximum Gasteiger partial charge on any atom is 0.471 e. The number of nitrogens with zero attached hydrogens (tertiary/aromatic N) is 1. The van der Waals surface area contributed by atoms with Gasteiger partial charge in [-0.3, -0.25) is 4.79 Å². The Morgan fingerprint density at radius 1 is 1.20 bits per heavy atom. The van der Waals surface area contributed by atoms with Crippen molar-refractivity contribution in [1.82, 2.24) is 4.90 Å². The van der Waals surface area contributed by atoms with Crippen LogP contribution in [0.15, 0.2) is 18.2 Å². The van der Waals surface area contributed by atoms with Gasteiger partial charge in [-0.25, -0.2) is 0 Å². The molecule has 0 spiro atoms. The van der Waals surface area contributed by atoms with E-state index in [2.05, 4.69) is 0 Å². The molecule has 0 saturated heterocycles. The molecule has 0 aliphatic carbocycles. The Hall–Kier alpha value is -1.27. The van der Waals surface area contributed by atoms with Crippen LogP contribution in [0.3, 0.4) is 0 Å². The van der Waals surface area contributed by atoms with Crippen LogP contribution in [-0.4, -0.2) is 30.1 Å². The molecule has 0 bridgehead atoms. The van der Waals surface area contributed by atoms with Crippen molar-refractivity contribution in [2.45, 2.75) is 25.6 Å². The number of fused-ring (bicyclic) bond motifs is 1. The number of rotatable bonds is 1. The second-order valence-corrected chi connectivity index (χ2v) is 4.60. The maximum atomic E-state index is 12.4. The van der Waals surface area contributed by atoms with Gasteiger partial charge in [0, 0.05) is 19.6 Å². The molecule has 1 aromatic carbocycles. The van der Waals surface area contributed by atoms with Gasteiger partial charge in [-0.05, 0) is 29.5 Å². The summed E-state index contributed by atoms with van der Waals surface area (Å²) in [6.07, 6.45) is -3.91. The number of amides is 1. The van der Waals surface area contributed by atoms with E-state index in [0.29, 0.717) is 19.4 Å². The van der Waals surface area contributed by atoms with Crippen LogP contribution in [0.1, 0.15) is 16.7 Å². The fourth-order valence-electron chi connectivity index (χ4n) is 2.29. The summed E-state index contributed by atoms with van der Waals surface area (Å²) in [5.41, 5.74) is 8.48. The molecule has 3 nitrogen and oxygen atoms in total. The summed E-state index contributed by atoms with van der Waals surface area (Å²) in [7, 11) is 0. The summed E-state index contributed by atoms with van der Waals surface area (Å²) in [6, 6.07) is 5.68. The summed E-state index contributed by atoms with van der Waals surface area (Å²) in [6.45, 7) is 0.602. The van der Waals surface area contributed by atoms with E-state index < -0.39 is 12.1 Å². The number of nitrogens with two attached hydrogens (primary N) is 1. The number of halogens is 4. The van der Waals surface area contributed by atoms with Crippen molar-refractivity contribution in [2.75, 3.05) is 13.1 Å². The van der Waals surface area contributed by atoms with Crippen molar-refractivity contribution in [2.24, 2.45) is 5.73 Å². The summed E-state index contributed by atoms with van der Waals surface area (Å²) < 4.78 is 37.2. The number of carbonyl (C=O) groups excluding carboxylic acids is 1. The topological polar surface area (TPSA) is 46.3 Å².